The topological polar surface area (TPSA) is 65.1 Å². The van der Waals surface area contributed by atoms with Crippen molar-refractivity contribution in [2.75, 3.05) is 0 Å². The van der Waals surface area contributed by atoms with Crippen LogP contribution in [0.3, 0.4) is 0 Å². The highest BCUT2D eigenvalue weighted by Gasteiger charge is 2.16. The number of aromatic nitrogens is 5. The smallest absolute Gasteiger partial charge is 0.261 e. The van der Waals surface area contributed by atoms with Gasteiger partial charge in [-0.2, -0.15) is 9.61 Å². The molecule has 0 bridgehead atoms. The fourth-order valence-electron chi connectivity index (χ4n) is 2.88. The summed E-state index contributed by atoms with van der Waals surface area (Å²) < 4.78 is 3.49. The molecule has 0 fully saturated rings. The Kier molecular flexibility index (Phi) is 3.93. The maximum Gasteiger partial charge on any atom is 0.261 e. The van der Waals surface area contributed by atoms with Crippen molar-refractivity contribution in [2.45, 2.75) is 26.8 Å². The zero-order valence-corrected chi connectivity index (χ0v) is 14.8. The Labute approximate surface area is 148 Å². The molecule has 6 nitrogen and oxygen atoms in total. The molecule has 25 heavy (non-hydrogen) atoms. The minimum absolute atomic E-state index is 0.0166. The van der Waals surface area contributed by atoms with Crippen LogP contribution < -0.4 is 5.56 Å². The average Bonchev–Trinajstić information content (AvgIpc) is 3.18. The summed E-state index contributed by atoms with van der Waals surface area (Å²) in [6.07, 6.45) is 0.651. The average molecular weight is 351 g/mol. The van der Waals surface area contributed by atoms with Crippen LogP contribution in [0.4, 0.5) is 0 Å². The first-order valence-corrected chi connectivity index (χ1v) is 8.95. The summed E-state index contributed by atoms with van der Waals surface area (Å²) in [4.78, 5) is 13.4. The monoisotopic (exact) mass is 351 g/mol. The minimum atomic E-state index is -0.0166. The number of benzene rings is 1. The van der Waals surface area contributed by atoms with Crippen LogP contribution in [0, 0.1) is 6.92 Å². The molecule has 3 aromatic heterocycles. The molecule has 1 aromatic carbocycles. The zero-order chi connectivity index (χ0) is 17.4. The number of pyridine rings is 1. The molecule has 0 saturated heterocycles. The van der Waals surface area contributed by atoms with Crippen molar-refractivity contribution in [3.05, 3.63) is 69.9 Å². The molecule has 0 spiro atoms. The van der Waals surface area contributed by atoms with Gasteiger partial charge in [-0.1, -0.05) is 41.7 Å². The van der Waals surface area contributed by atoms with E-state index in [1.54, 1.807) is 9.08 Å². The summed E-state index contributed by atoms with van der Waals surface area (Å²) in [5, 5.41) is 13.7. The maximum absolute atomic E-state index is 12.7. The SMILES string of the molecule is CCn1c(C)ccc(-c2nn3c(Cc4ccccc4)nnc3s2)c1=O. The van der Waals surface area contributed by atoms with Crippen LogP contribution >= 0.6 is 11.3 Å². The van der Waals surface area contributed by atoms with Crippen LogP contribution in [0.5, 0.6) is 0 Å². The van der Waals surface area contributed by atoms with Crippen molar-refractivity contribution in [1.82, 2.24) is 24.4 Å². The second-order valence-corrected chi connectivity index (χ2v) is 6.77. The lowest BCUT2D eigenvalue weighted by Gasteiger charge is -2.07. The van der Waals surface area contributed by atoms with Gasteiger partial charge in [-0.15, -0.1) is 10.2 Å². The van der Waals surface area contributed by atoms with Crippen LogP contribution in [-0.2, 0) is 13.0 Å². The molecule has 0 atom stereocenters. The molecule has 0 unspecified atom stereocenters. The van der Waals surface area contributed by atoms with E-state index < -0.39 is 0 Å². The van der Waals surface area contributed by atoms with E-state index in [1.807, 2.05) is 56.3 Å². The van der Waals surface area contributed by atoms with Crippen LogP contribution in [0.25, 0.3) is 15.5 Å². The number of rotatable bonds is 4. The third-order valence-corrected chi connectivity index (χ3v) is 5.13. The maximum atomic E-state index is 12.7. The third-order valence-electron chi connectivity index (χ3n) is 4.20. The fourth-order valence-corrected chi connectivity index (χ4v) is 3.76. The molecule has 7 heteroatoms. The first kappa shape index (κ1) is 15.7. The van der Waals surface area contributed by atoms with E-state index in [2.05, 4.69) is 15.3 Å². The third kappa shape index (κ3) is 2.76. The Morgan fingerprint density at radius 2 is 1.88 bits per heavy atom. The fraction of sp³-hybridized carbons (Fsp3) is 0.222. The van der Waals surface area contributed by atoms with Crippen molar-refractivity contribution in [3.8, 4) is 10.6 Å². The van der Waals surface area contributed by atoms with Gasteiger partial charge < -0.3 is 4.57 Å². The van der Waals surface area contributed by atoms with E-state index >= 15 is 0 Å². The van der Waals surface area contributed by atoms with Crippen molar-refractivity contribution in [1.29, 1.82) is 0 Å². The Hall–Kier alpha value is -2.80. The van der Waals surface area contributed by atoms with E-state index in [0.29, 0.717) is 28.5 Å². The van der Waals surface area contributed by atoms with Gasteiger partial charge in [0.05, 0.1) is 5.56 Å². The van der Waals surface area contributed by atoms with Gasteiger partial charge in [0.15, 0.2) is 10.8 Å². The van der Waals surface area contributed by atoms with Crippen LogP contribution in [0.2, 0.25) is 0 Å². The molecule has 0 aliphatic rings. The molecule has 126 valence electrons. The summed E-state index contributed by atoms with van der Waals surface area (Å²) in [5.74, 6) is 0.770. The van der Waals surface area contributed by atoms with Gasteiger partial charge in [0, 0.05) is 18.7 Å². The summed E-state index contributed by atoms with van der Waals surface area (Å²) >= 11 is 1.39. The lowest BCUT2D eigenvalue weighted by molar-refractivity contribution is 0.702. The minimum Gasteiger partial charge on any atom is -0.313 e. The van der Waals surface area contributed by atoms with Gasteiger partial charge in [0.2, 0.25) is 4.96 Å². The van der Waals surface area contributed by atoms with Crippen molar-refractivity contribution in [2.24, 2.45) is 0 Å². The van der Waals surface area contributed by atoms with E-state index in [1.165, 1.54) is 11.3 Å². The summed E-state index contributed by atoms with van der Waals surface area (Å²) in [7, 11) is 0. The molecule has 0 aliphatic carbocycles. The highest BCUT2D eigenvalue weighted by atomic mass is 32.1. The van der Waals surface area contributed by atoms with Crippen LogP contribution in [-0.4, -0.2) is 24.4 Å². The summed E-state index contributed by atoms with van der Waals surface area (Å²) in [5.41, 5.74) is 2.68. The molecular formula is C18H17N5OS. The second-order valence-electron chi connectivity index (χ2n) is 5.82. The standard InChI is InChI=1S/C18H17N5OS/c1-3-22-12(2)9-10-14(17(22)24)16-21-23-15(19-20-18(23)25-16)11-13-7-5-4-6-8-13/h4-10H,3,11H2,1-2H3. The van der Waals surface area contributed by atoms with Gasteiger partial charge in [0.1, 0.15) is 0 Å². The van der Waals surface area contributed by atoms with Gasteiger partial charge in [-0.05, 0) is 31.5 Å². The molecule has 0 saturated carbocycles. The Balaban J connectivity index is 1.77. The number of hydrogen-bond acceptors (Lipinski definition) is 5. The lowest BCUT2D eigenvalue weighted by atomic mass is 10.1. The number of hydrogen-bond donors (Lipinski definition) is 0. The predicted molar refractivity (Wildman–Crippen MR) is 98.0 cm³/mol. The highest BCUT2D eigenvalue weighted by molar-refractivity contribution is 7.19. The lowest BCUT2D eigenvalue weighted by Crippen LogP contribution is -2.22. The molecule has 0 aliphatic heterocycles. The predicted octanol–water partition coefficient (Wildman–Crippen LogP) is 2.93. The van der Waals surface area contributed by atoms with Gasteiger partial charge >= 0.3 is 0 Å². The zero-order valence-electron chi connectivity index (χ0n) is 14.0. The normalized spacial score (nSPS) is 11.3. The van der Waals surface area contributed by atoms with E-state index in [-0.39, 0.29) is 5.56 Å². The number of aryl methyl sites for hydroxylation is 1. The van der Waals surface area contributed by atoms with Crippen molar-refractivity contribution < 1.29 is 0 Å². The molecule has 4 rings (SSSR count). The van der Waals surface area contributed by atoms with E-state index in [4.69, 9.17) is 0 Å². The highest BCUT2D eigenvalue weighted by Crippen LogP contribution is 2.24. The van der Waals surface area contributed by atoms with Crippen molar-refractivity contribution >= 4 is 16.3 Å². The van der Waals surface area contributed by atoms with Gasteiger partial charge in [0.25, 0.3) is 5.56 Å². The van der Waals surface area contributed by atoms with E-state index in [0.717, 1.165) is 17.1 Å². The molecule has 0 amide bonds. The van der Waals surface area contributed by atoms with Crippen molar-refractivity contribution in [3.63, 3.8) is 0 Å². The molecule has 4 aromatic rings. The molecular weight excluding hydrogens is 334 g/mol. The number of nitrogens with zero attached hydrogens (tertiary/aromatic N) is 5. The van der Waals surface area contributed by atoms with E-state index in [9.17, 15) is 4.79 Å². The number of fused-ring (bicyclic) bond motifs is 1. The quantitative estimate of drug-likeness (QED) is 0.567. The first-order valence-electron chi connectivity index (χ1n) is 8.13. The Morgan fingerprint density at radius 3 is 2.64 bits per heavy atom. The summed E-state index contributed by atoms with van der Waals surface area (Å²) in [6.45, 7) is 4.54. The first-order chi connectivity index (χ1) is 12.2. The summed E-state index contributed by atoms with van der Waals surface area (Å²) in [6, 6.07) is 13.9. The van der Waals surface area contributed by atoms with Crippen LogP contribution in [0.15, 0.2) is 47.3 Å². The largest absolute Gasteiger partial charge is 0.313 e. The van der Waals surface area contributed by atoms with Gasteiger partial charge in [-0.25, -0.2) is 0 Å². The molecule has 3 heterocycles. The second kappa shape index (κ2) is 6.25. The molecule has 0 radical (unpaired) electrons. The Morgan fingerprint density at radius 1 is 1.08 bits per heavy atom. The Bertz CT molecular complexity index is 1090. The van der Waals surface area contributed by atoms with Gasteiger partial charge in [-0.3, -0.25) is 4.79 Å². The van der Waals surface area contributed by atoms with Crippen LogP contribution in [0.1, 0.15) is 24.0 Å². The molecule has 0 N–H and O–H groups in total.